The molecule has 2 aromatic rings. The number of ether oxygens (including phenoxy) is 1. The standard InChI is InChI=1S/C19H22N6O4/c1-4-24-9-10-25(19(24)28)18(27)23-16-6-5-15(12(2)21-16)29-14-7-8-20-17(11-14)22-13(3)26/h5-8,11H,4,9-10H2,1-3H3,(H,20,22,26)(H,21,23,27). The first-order chi connectivity index (χ1) is 13.9. The van der Waals surface area contributed by atoms with Gasteiger partial charge in [0.05, 0.1) is 5.69 Å². The summed E-state index contributed by atoms with van der Waals surface area (Å²) in [5, 5.41) is 5.22. The van der Waals surface area contributed by atoms with Crippen LogP contribution in [-0.2, 0) is 4.79 Å². The minimum Gasteiger partial charge on any atom is -0.455 e. The van der Waals surface area contributed by atoms with Crippen LogP contribution in [0.3, 0.4) is 0 Å². The van der Waals surface area contributed by atoms with Crippen LogP contribution < -0.4 is 15.4 Å². The van der Waals surface area contributed by atoms with Crippen molar-refractivity contribution in [2.24, 2.45) is 0 Å². The van der Waals surface area contributed by atoms with Crippen LogP contribution in [0.5, 0.6) is 11.5 Å². The average molecular weight is 398 g/mol. The van der Waals surface area contributed by atoms with Crippen LogP contribution in [0.15, 0.2) is 30.5 Å². The van der Waals surface area contributed by atoms with E-state index >= 15 is 0 Å². The van der Waals surface area contributed by atoms with Crippen molar-refractivity contribution in [2.75, 3.05) is 30.3 Å². The smallest absolute Gasteiger partial charge is 0.331 e. The van der Waals surface area contributed by atoms with Gasteiger partial charge in [0.25, 0.3) is 0 Å². The number of aryl methyl sites for hydroxylation is 1. The predicted octanol–water partition coefficient (Wildman–Crippen LogP) is 2.83. The fraction of sp³-hybridized carbons (Fsp3) is 0.316. The van der Waals surface area contributed by atoms with Gasteiger partial charge in [-0.15, -0.1) is 0 Å². The highest BCUT2D eigenvalue weighted by Gasteiger charge is 2.32. The maximum atomic E-state index is 12.4. The molecule has 0 spiro atoms. The molecule has 0 unspecified atom stereocenters. The number of likely N-dealkylation sites (N-methyl/N-ethyl adjacent to an activating group) is 1. The summed E-state index contributed by atoms with van der Waals surface area (Å²) >= 11 is 0. The van der Waals surface area contributed by atoms with Gasteiger partial charge in [0.1, 0.15) is 23.1 Å². The Morgan fingerprint density at radius 1 is 1.17 bits per heavy atom. The van der Waals surface area contributed by atoms with Crippen LogP contribution in [0.1, 0.15) is 19.5 Å². The first-order valence-corrected chi connectivity index (χ1v) is 9.14. The topological polar surface area (TPSA) is 117 Å². The van der Waals surface area contributed by atoms with Crippen molar-refractivity contribution in [2.45, 2.75) is 20.8 Å². The van der Waals surface area contributed by atoms with Crippen LogP contribution >= 0.6 is 0 Å². The lowest BCUT2D eigenvalue weighted by molar-refractivity contribution is -0.114. The molecule has 152 valence electrons. The molecule has 10 nitrogen and oxygen atoms in total. The third kappa shape index (κ3) is 4.78. The highest BCUT2D eigenvalue weighted by molar-refractivity contribution is 6.01. The Bertz CT molecular complexity index is 948. The monoisotopic (exact) mass is 398 g/mol. The Kier molecular flexibility index (Phi) is 5.91. The van der Waals surface area contributed by atoms with Gasteiger partial charge in [0.2, 0.25) is 5.91 Å². The highest BCUT2D eigenvalue weighted by atomic mass is 16.5. The first kappa shape index (κ1) is 20.1. The molecule has 1 aliphatic heterocycles. The third-order valence-corrected chi connectivity index (χ3v) is 4.26. The molecule has 2 N–H and O–H groups in total. The summed E-state index contributed by atoms with van der Waals surface area (Å²) in [4.78, 5) is 46.7. The molecular formula is C19H22N6O4. The zero-order valence-electron chi connectivity index (χ0n) is 16.4. The number of nitrogens with zero attached hydrogens (tertiary/aromatic N) is 4. The number of carbonyl (C=O) groups excluding carboxylic acids is 3. The molecule has 0 aliphatic carbocycles. The molecule has 29 heavy (non-hydrogen) atoms. The molecule has 0 saturated carbocycles. The van der Waals surface area contributed by atoms with E-state index in [0.717, 1.165) is 4.90 Å². The van der Waals surface area contributed by atoms with Crippen molar-refractivity contribution in [1.82, 2.24) is 19.8 Å². The van der Waals surface area contributed by atoms with Crippen molar-refractivity contribution in [1.29, 1.82) is 0 Å². The van der Waals surface area contributed by atoms with Gasteiger partial charge in [-0.25, -0.2) is 24.5 Å². The Morgan fingerprint density at radius 3 is 2.62 bits per heavy atom. The minimum atomic E-state index is -0.513. The Balaban J connectivity index is 1.67. The minimum absolute atomic E-state index is 0.230. The zero-order valence-corrected chi connectivity index (χ0v) is 16.4. The number of anilines is 2. The molecule has 0 atom stereocenters. The van der Waals surface area contributed by atoms with Crippen molar-refractivity contribution in [3.05, 3.63) is 36.2 Å². The summed E-state index contributed by atoms with van der Waals surface area (Å²) in [7, 11) is 0. The molecule has 1 saturated heterocycles. The lowest BCUT2D eigenvalue weighted by atomic mass is 10.3. The molecule has 3 rings (SSSR count). The van der Waals surface area contributed by atoms with Crippen molar-refractivity contribution in [3.63, 3.8) is 0 Å². The highest BCUT2D eigenvalue weighted by Crippen LogP contribution is 2.26. The van der Waals surface area contributed by atoms with E-state index in [0.29, 0.717) is 48.5 Å². The van der Waals surface area contributed by atoms with E-state index in [1.807, 2.05) is 6.92 Å². The molecule has 5 amide bonds. The van der Waals surface area contributed by atoms with E-state index in [-0.39, 0.29) is 11.9 Å². The van der Waals surface area contributed by atoms with E-state index in [1.54, 1.807) is 36.1 Å². The normalized spacial score (nSPS) is 13.4. The van der Waals surface area contributed by atoms with E-state index in [1.165, 1.54) is 13.1 Å². The molecular weight excluding hydrogens is 376 g/mol. The van der Waals surface area contributed by atoms with Gasteiger partial charge in [-0.1, -0.05) is 0 Å². The maximum absolute atomic E-state index is 12.4. The molecule has 3 heterocycles. The van der Waals surface area contributed by atoms with Gasteiger partial charge in [-0.2, -0.15) is 0 Å². The first-order valence-electron chi connectivity index (χ1n) is 9.14. The Labute approximate surface area is 167 Å². The maximum Gasteiger partial charge on any atom is 0.331 e. The van der Waals surface area contributed by atoms with Gasteiger partial charge in [-0.3, -0.25) is 10.1 Å². The molecule has 0 aromatic carbocycles. The van der Waals surface area contributed by atoms with Crippen molar-refractivity contribution >= 4 is 29.6 Å². The van der Waals surface area contributed by atoms with Crippen LogP contribution in [0, 0.1) is 6.92 Å². The van der Waals surface area contributed by atoms with E-state index in [2.05, 4.69) is 20.6 Å². The van der Waals surface area contributed by atoms with Gasteiger partial charge >= 0.3 is 12.1 Å². The van der Waals surface area contributed by atoms with E-state index in [9.17, 15) is 14.4 Å². The number of carbonyl (C=O) groups is 3. The zero-order chi connectivity index (χ0) is 21.0. The van der Waals surface area contributed by atoms with E-state index in [4.69, 9.17) is 4.74 Å². The number of hydrogen-bond donors (Lipinski definition) is 2. The lowest BCUT2D eigenvalue weighted by Crippen LogP contribution is -2.39. The third-order valence-electron chi connectivity index (χ3n) is 4.26. The second-order valence-corrected chi connectivity index (χ2v) is 6.38. The van der Waals surface area contributed by atoms with Gasteiger partial charge in [0, 0.05) is 38.8 Å². The van der Waals surface area contributed by atoms with Crippen LogP contribution in [0.4, 0.5) is 21.2 Å². The second kappa shape index (κ2) is 8.55. The predicted molar refractivity (Wildman–Crippen MR) is 106 cm³/mol. The van der Waals surface area contributed by atoms with Crippen molar-refractivity contribution < 1.29 is 19.1 Å². The summed E-state index contributed by atoms with van der Waals surface area (Å²) in [6.45, 7) is 6.42. The van der Waals surface area contributed by atoms with E-state index < -0.39 is 6.03 Å². The molecule has 0 radical (unpaired) electrons. The number of nitrogens with one attached hydrogen (secondary N) is 2. The molecule has 10 heteroatoms. The SMILES string of the molecule is CCN1CCN(C(=O)Nc2ccc(Oc3ccnc(NC(C)=O)c3)c(C)n2)C1=O. The Hall–Kier alpha value is -3.69. The van der Waals surface area contributed by atoms with Crippen LogP contribution in [0.2, 0.25) is 0 Å². The van der Waals surface area contributed by atoms with Crippen LogP contribution in [0.25, 0.3) is 0 Å². The number of rotatable bonds is 5. The number of aromatic nitrogens is 2. The number of hydrogen-bond acceptors (Lipinski definition) is 6. The fourth-order valence-electron chi connectivity index (χ4n) is 2.82. The molecule has 1 fully saturated rings. The summed E-state index contributed by atoms with van der Waals surface area (Å²) in [5.41, 5.74) is 0.545. The van der Waals surface area contributed by atoms with Gasteiger partial charge in [0.15, 0.2) is 0 Å². The fourth-order valence-corrected chi connectivity index (χ4v) is 2.82. The molecule has 2 aromatic heterocycles. The second-order valence-electron chi connectivity index (χ2n) is 6.38. The van der Waals surface area contributed by atoms with Crippen LogP contribution in [-0.4, -0.2) is 57.4 Å². The number of urea groups is 2. The average Bonchev–Trinajstić information content (AvgIpc) is 3.04. The number of pyridine rings is 2. The van der Waals surface area contributed by atoms with Crippen molar-refractivity contribution in [3.8, 4) is 11.5 Å². The Morgan fingerprint density at radius 2 is 1.97 bits per heavy atom. The van der Waals surface area contributed by atoms with Gasteiger partial charge in [-0.05, 0) is 32.0 Å². The summed E-state index contributed by atoms with van der Waals surface area (Å²) in [6.07, 6.45) is 1.52. The summed E-state index contributed by atoms with van der Waals surface area (Å²) in [5.74, 6) is 1.42. The lowest BCUT2D eigenvalue weighted by Gasteiger charge is -2.16. The molecule has 0 bridgehead atoms. The summed E-state index contributed by atoms with van der Waals surface area (Å²) in [6, 6.07) is 5.68. The quantitative estimate of drug-likeness (QED) is 0.800. The summed E-state index contributed by atoms with van der Waals surface area (Å²) < 4.78 is 5.80. The molecule has 1 aliphatic rings. The number of amides is 5. The largest absolute Gasteiger partial charge is 0.455 e. The number of imide groups is 1. The van der Waals surface area contributed by atoms with Gasteiger partial charge < -0.3 is 15.0 Å².